The summed E-state index contributed by atoms with van der Waals surface area (Å²) in [4.78, 5) is 33.0. The number of carbonyl (C=O) groups excluding carboxylic acids is 2. The van der Waals surface area contributed by atoms with Crippen LogP contribution >= 0.6 is 34.7 Å². The van der Waals surface area contributed by atoms with Crippen LogP contribution in [0.4, 0.5) is 11.4 Å². The number of amides is 2. The summed E-state index contributed by atoms with van der Waals surface area (Å²) in [6, 6.07) is 14.6. The standard InChI is InChI=1S/C24H22ClN3O2S2/c1-15-6-3-7-16(2)21(15)27-24-28(11-5-13-32-24)23(30)17-9-10-18(25)19(14-17)26-22(29)20-8-4-12-31-20/h3-4,6-10,12,14H,5,11,13H2,1-2H3,(H,26,29). The molecule has 2 heterocycles. The Kier molecular flexibility index (Phi) is 6.98. The first-order chi connectivity index (χ1) is 15.4. The van der Waals surface area contributed by atoms with Gasteiger partial charge >= 0.3 is 0 Å². The van der Waals surface area contributed by atoms with Crippen molar-refractivity contribution in [1.29, 1.82) is 0 Å². The van der Waals surface area contributed by atoms with Gasteiger partial charge in [-0.25, -0.2) is 4.99 Å². The highest BCUT2D eigenvalue weighted by molar-refractivity contribution is 8.13. The van der Waals surface area contributed by atoms with Gasteiger partial charge in [0.2, 0.25) is 0 Å². The highest BCUT2D eigenvalue weighted by Crippen LogP contribution is 2.30. The number of anilines is 1. The second-order valence-electron chi connectivity index (χ2n) is 7.42. The Bertz CT molecular complexity index is 1170. The number of para-hydroxylation sites is 1. The van der Waals surface area contributed by atoms with Crippen LogP contribution in [0.5, 0.6) is 0 Å². The first-order valence-corrected chi connectivity index (χ1v) is 12.4. The minimum atomic E-state index is -0.252. The fourth-order valence-electron chi connectivity index (χ4n) is 3.42. The predicted octanol–water partition coefficient (Wildman–Crippen LogP) is 6.54. The fourth-order valence-corrected chi connectivity index (χ4v) is 5.15. The lowest BCUT2D eigenvalue weighted by Gasteiger charge is -2.28. The van der Waals surface area contributed by atoms with E-state index in [1.807, 2.05) is 43.5 Å². The number of nitrogens with zero attached hydrogens (tertiary/aromatic N) is 2. The van der Waals surface area contributed by atoms with Crippen molar-refractivity contribution in [2.45, 2.75) is 20.3 Å². The van der Waals surface area contributed by atoms with Crippen molar-refractivity contribution >= 4 is 63.1 Å². The number of carbonyl (C=O) groups is 2. The molecule has 8 heteroatoms. The number of hydrogen-bond acceptors (Lipinski definition) is 5. The van der Waals surface area contributed by atoms with Gasteiger partial charge in [-0.1, -0.05) is 47.6 Å². The van der Waals surface area contributed by atoms with Gasteiger partial charge < -0.3 is 5.32 Å². The Morgan fingerprint density at radius 2 is 1.88 bits per heavy atom. The minimum absolute atomic E-state index is 0.162. The Morgan fingerprint density at radius 1 is 1.09 bits per heavy atom. The van der Waals surface area contributed by atoms with Crippen LogP contribution in [0.15, 0.2) is 58.9 Å². The predicted molar refractivity (Wildman–Crippen MR) is 135 cm³/mol. The maximum atomic E-state index is 13.4. The average Bonchev–Trinajstić information content (AvgIpc) is 3.33. The van der Waals surface area contributed by atoms with Crippen LogP contribution < -0.4 is 5.32 Å². The summed E-state index contributed by atoms with van der Waals surface area (Å²) in [5.74, 6) is 0.499. The van der Waals surface area contributed by atoms with E-state index in [1.165, 1.54) is 11.3 Å². The SMILES string of the molecule is Cc1cccc(C)c1N=C1SCCCN1C(=O)c1ccc(Cl)c(NC(=O)c2cccs2)c1. The van der Waals surface area contributed by atoms with Crippen molar-refractivity contribution in [3.8, 4) is 0 Å². The summed E-state index contributed by atoms with van der Waals surface area (Å²) >= 11 is 9.23. The van der Waals surface area contributed by atoms with Crippen LogP contribution in [-0.4, -0.2) is 34.2 Å². The molecule has 32 heavy (non-hydrogen) atoms. The van der Waals surface area contributed by atoms with Crippen molar-refractivity contribution in [2.24, 2.45) is 4.99 Å². The van der Waals surface area contributed by atoms with Crippen molar-refractivity contribution in [1.82, 2.24) is 4.90 Å². The van der Waals surface area contributed by atoms with E-state index in [1.54, 1.807) is 40.9 Å². The lowest BCUT2D eigenvalue weighted by atomic mass is 10.1. The second kappa shape index (κ2) is 9.90. The van der Waals surface area contributed by atoms with Crippen LogP contribution in [-0.2, 0) is 0 Å². The lowest BCUT2D eigenvalue weighted by molar-refractivity contribution is 0.0848. The Balaban J connectivity index is 1.62. The number of amidine groups is 1. The number of hydrogen-bond donors (Lipinski definition) is 1. The van der Waals surface area contributed by atoms with Crippen LogP contribution in [0, 0.1) is 13.8 Å². The Labute approximate surface area is 200 Å². The first-order valence-electron chi connectivity index (χ1n) is 10.2. The van der Waals surface area contributed by atoms with Gasteiger partial charge in [-0.2, -0.15) is 0 Å². The highest BCUT2D eigenvalue weighted by atomic mass is 35.5. The van der Waals surface area contributed by atoms with Gasteiger partial charge in [0.1, 0.15) is 0 Å². The van der Waals surface area contributed by atoms with Crippen molar-refractivity contribution in [2.75, 3.05) is 17.6 Å². The molecule has 0 unspecified atom stereocenters. The molecule has 0 bridgehead atoms. The van der Waals surface area contributed by atoms with E-state index in [0.717, 1.165) is 29.0 Å². The van der Waals surface area contributed by atoms with Gasteiger partial charge in [-0.05, 0) is 61.0 Å². The van der Waals surface area contributed by atoms with Crippen molar-refractivity contribution in [3.63, 3.8) is 0 Å². The van der Waals surface area contributed by atoms with Gasteiger partial charge in [-0.15, -0.1) is 11.3 Å². The first kappa shape index (κ1) is 22.6. The van der Waals surface area contributed by atoms with E-state index in [-0.39, 0.29) is 11.8 Å². The van der Waals surface area contributed by atoms with Crippen LogP contribution in [0.25, 0.3) is 0 Å². The summed E-state index contributed by atoms with van der Waals surface area (Å²) in [6.07, 6.45) is 0.887. The van der Waals surface area contributed by atoms with E-state index in [9.17, 15) is 9.59 Å². The van der Waals surface area contributed by atoms with E-state index in [0.29, 0.717) is 32.9 Å². The van der Waals surface area contributed by atoms with Gasteiger partial charge in [0.25, 0.3) is 11.8 Å². The Morgan fingerprint density at radius 3 is 2.59 bits per heavy atom. The second-order valence-corrected chi connectivity index (χ2v) is 9.84. The molecule has 1 saturated heterocycles. The third kappa shape index (κ3) is 4.90. The number of thioether (sulfide) groups is 1. The molecule has 0 aliphatic carbocycles. The monoisotopic (exact) mass is 483 g/mol. The molecule has 0 radical (unpaired) electrons. The van der Waals surface area contributed by atoms with Crippen molar-refractivity contribution < 1.29 is 9.59 Å². The number of thiophene rings is 1. The topological polar surface area (TPSA) is 61.8 Å². The molecule has 5 nitrogen and oxygen atoms in total. The molecule has 2 aromatic carbocycles. The van der Waals surface area contributed by atoms with Crippen LogP contribution in [0.1, 0.15) is 37.6 Å². The summed E-state index contributed by atoms with van der Waals surface area (Å²) < 4.78 is 0. The maximum absolute atomic E-state index is 13.4. The number of rotatable bonds is 4. The zero-order valence-electron chi connectivity index (χ0n) is 17.7. The summed E-state index contributed by atoms with van der Waals surface area (Å²) in [5.41, 5.74) is 3.90. The Hall–Kier alpha value is -2.61. The molecule has 1 N–H and O–H groups in total. The molecule has 2 amide bonds. The molecule has 0 atom stereocenters. The average molecular weight is 484 g/mol. The molecular formula is C24H22ClN3O2S2. The summed E-state index contributed by atoms with van der Waals surface area (Å²) in [7, 11) is 0. The summed E-state index contributed by atoms with van der Waals surface area (Å²) in [6.45, 7) is 4.64. The third-order valence-electron chi connectivity index (χ3n) is 5.09. The molecule has 1 aliphatic heterocycles. The number of aryl methyl sites for hydroxylation is 2. The van der Waals surface area contributed by atoms with E-state index in [4.69, 9.17) is 16.6 Å². The number of aliphatic imine (C=N–C) groups is 1. The van der Waals surface area contributed by atoms with Crippen LogP contribution in [0.2, 0.25) is 5.02 Å². The number of nitrogens with one attached hydrogen (secondary N) is 1. The molecule has 4 rings (SSSR count). The highest BCUT2D eigenvalue weighted by Gasteiger charge is 2.26. The number of benzene rings is 2. The number of halogens is 1. The largest absolute Gasteiger partial charge is 0.320 e. The van der Waals surface area contributed by atoms with Gasteiger partial charge in [-0.3, -0.25) is 14.5 Å². The third-order valence-corrected chi connectivity index (χ3v) is 7.35. The van der Waals surface area contributed by atoms with E-state index >= 15 is 0 Å². The molecule has 0 spiro atoms. The minimum Gasteiger partial charge on any atom is -0.320 e. The summed E-state index contributed by atoms with van der Waals surface area (Å²) in [5, 5.41) is 5.72. The quantitative estimate of drug-likeness (QED) is 0.458. The molecular weight excluding hydrogens is 462 g/mol. The van der Waals surface area contributed by atoms with Crippen molar-refractivity contribution in [3.05, 3.63) is 80.5 Å². The zero-order chi connectivity index (χ0) is 22.7. The smallest absolute Gasteiger partial charge is 0.265 e. The lowest BCUT2D eigenvalue weighted by Crippen LogP contribution is -2.39. The maximum Gasteiger partial charge on any atom is 0.265 e. The molecule has 1 aliphatic rings. The molecule has 164 valence electrons. The molecule has 1 fully saturated rings. The molecule has 1 aromatic heterocycles. The fraction of sp³-hybridized carbons (Fsp3) is 0.208. The zero-order valence-corrected chi connectivity index (χ0v) is 20.1. The van der Waals surface area contributed by atoms with Crippen LogP contribution in [0.3, 0.4) is 0 Å². The van der Waals surface area contributed by atoms with E-state index < -0.39 is 0 Å². The normalized spacial score (nSPS) is 15.1. The molecule has 0 saturated carbocycles. The van der Waals surface area contributed by atoms with E-state index in [2.05, 4.69) is 5.32 Å². The molecule has 3 aromatic rings. The van der Waals surface area contributed by atoms with Gasteiger partial charge in [0, 0.05) is 17.9 Å². The van der Waals surface area contributed by atoms with Gasteiger partial charge in [0.05, 0.1) is 21.3 Å². The van der Waals surface area contributed by atoms with Gasteiger partial charge in [0.15, 0.2) is 5.17 Å².